The summed E-state index contributed by atoms with van der Waals surface area (Å²) in [4.78, 5) is 14.6. The number of rotatable bonds is 2. The molecule has 1 saturated carbocycles. The van der Waals surface area contributed by atoms with E-state index in [4.69, 9.17) is 5.73 Å². The standard InChI is InChI=1S/C14H26N2O/c1-13(2)5-4-9-16(10-8-13)12(17)14(11-15)6-3-7-14/h3-11,15H2,1-2H3. The van der Waals surface area contributed by atoms with Crippen LogP contribution in [0.3, 0.4) is 0 Å². The first-order chi connectivity index (χ1) is 7.99. The van der Waals surface area contributed by atoms with Crippen LogP contribution in [0.4, 0.5) is 0 Å². The molecule has 0 aromatic carbocycles. The van der Waals surface area contributed by atoms with E-state index in [1.54, 1.807) is 0 Å². The van der Waals surface area contributed by atoms with Crippen LogP contribution in [0.5, 0.6) is 0 Å². The summed E-state index contributed by atoms with van der Waals surface area (Å²) in [5.74, 6) is 0.337. The Hall–Kier alpha value is -0.570. The Morgan fingerprint density at radius 2 is 1.82 bits per heavy atom. The van der Waals surface area contributed by atoms with Crippen LogP contribution in [-0.4, -0.2) is 30.4 Å². The van der Waals surface area contributed by atoms with Gasteiger partial charge in [0, 0.05) is 19.6 Å². The van der Waals surface area contributed by atoms with E-state index in [2.05, 4.69) is 18.7 Å². The van der Waals surface area contributed by atoms with Gasteiger partial charge in [0.05, 0.1) is 5.41 Å². The van der Waals surface area contributed by atoms with Gasteiger partial charge in [-0.2, -0.15) is 0 Å². The van der Waals surface area contributed by atoms with Crippen molar-refractivity contribution in [1.82, 2.24) is 4.90 Å². The lowest BCUT2D eigenvalue weighted by molar-refractivity contribution is -0.146. The largest absolute Gasteiger partial charge is 0.342 e. The van der Waals surface area contributed by atoms with Crippen LogP contribution >= 0.6 is 0 Å². The summed E-state index contributed by atoms with van der Waals surface area (Å²) in [5.41, 5.74) is 6.03. The van der Waals surface area contributed by atoms with Crippen LogP contribution < -0.4 is 5.73 Å². The molecule has 2 rings (SSSR count). The van der Waals surface area contributed by atoms with Crippen molar-refractivity contribution in [3.8, 4) is 0 Å². The highest BCUT2D eigenvalue weighted by Crippen LogP contribution is 2.42. The van der Waals surface area contributed by atoms with E-state index in [9.17, 15) is 4.79 Å². The zero-order chi connectivity index (χ0) is 12.5. The quantitative estimate of drug-likeness (QED) is 0.801. The number of hydrogen-bond acceptors (Lipinski definition) is 2. The molecule has 17 heavy (non-hydrogen) atoms. The third-order valence-electron chi connectivity index (χ3n) is 4.78. The zero-order valence-electron chi connectivity index (χ0n) is 11.3. The molecule has 2 aliphatic rings. The Balaban J connectivity index is 2.00. The van der Waals surface area contributed by atoms with Gasteiger partial charge in [0.2, 0.25) is 5.91 Å². The van der Waals surface area contributed by atoms with Crippen molar-refractivity contribution >= 4 is 5.91 Å². The van der Waals surface area contributed by atoms with E-state index in [0.717, 1.165) is 38.8 Å². The number of nitrogens with two attached hydrogens (primary N) is 1. The minimum Gasteiger partial charge on any atom is -0.342 e. The van der Waals surface area contributed by atoms with Crippen molar-refractivity contribution < 1.29 is 4.79 Å². The van der Waals surface area contributed by atoms with Crippen LogP contribution in [0.1, 0.15) is 52.4 Å². The SMILES string of the molecule is CC1(C)CCCN(C(=O)C2(CN)CCC2)CC1. The van der Waals surface area contributed by atoms with Crippen LogP contribution in [0.15, 0.2) is 0 Å². The molecule has 0 spiro atoms. The number of hydrogen-bond donors (Lipinski definition) is 1. The summed E-state index contributed by atoms with van der Waals surface area (Å²) in [6.07, 6.45) is 6.66. The molecule has 1 heterocycles. The zero-order valence-corrected chi connectivity index (χ0v) is 11.3. The van der Waals surface area contributed by atoms with Crippen LogP contribution in [-0.2, 0) is 4.79 Å². The molecule has 0 aromatic rings. The second-order valence-electron chi connectivity index (χ2n) is 6.65. The normalized spacial score (nSPS) is 27.1. The second-order valence-corrected chi connectivity index (χ2v) is 6.65. The molecule has 0 atom stereocenters. The Morgan fingerprint density at radius 3 is 2.35 bits per heavy atom. The lowest BCUT2D eigenvalue weighted by Crippen LogP contribution is -2.52. The molecule has 0 unspecified atom stereocenters. The van der Waals surface area contributed by atoms with Crippen LogP contribution in [0, 0.1) is 10.8 Å². The topological polar surface area (TPSA) is 46.3 Å². The third kappa shape index (κ3) is 2.49. The van der Waals surface area contributed by atoms with E-state index in [0.29, 0.717) is 17.9 Å². The van der Waals surface area contributed by atoms with E-state index in [1.165, 1.54) is 12.8 Å². The average molecular weight is 238 g/mol. The van der Waals surface area contributed by atoms with Gasteiger partial charge in [-0.05, 0) is 37.5 Å². The molecule has 3 heteroatoms. The van der Waals surface area contributed by atoms with Gasteiger partial charge in [-0.25, -0.2) is 0 Å². The molecule has 0 bridgehead atoms. The van der Waals surface area contributed by atoms with Crippen molar-refractivity contribution in [2.45, 2.75) is 52.4 Å². The number of nitrogens with zero attached hydrogens (tertiary/aromatic N) is 1. The molecule has 1 aliphatic heterocycles. The van der Waals surface area contributed by atoms with Gasteiger partial charge in [-0.15, -0.1) is 0 Å². The Bertz CT molecular complexity index is 289. The fraction of sp³-hybridized carbons (Fsp3) is 0.929. The lowest BCUT2D eigenvalue weighted by Gasteiger charge is -2.42. The fourth-order valence-corrected chi connectivity index (χ4v) is 3.07. The van der Waals surface area contributed by atoms with Crippen molar-refractivity contribution in [1.29, 1.82) is 0 Å². The van der Waals surface area contributed by atoms with Gasteiger partial charge in [0.25, 0.3) is 0 Å². The van der Waals surface area contributed by atoms with Crippen LogP contribution in [0.25, 0.3) is 0 Å². The number of amides is 1. The van der Waals surface area contributed by atoms with Crippen LogP contribution in [0.2, 0.25) is 0 Å². The van der Waals surface area contributed by atoms with Gasteiger partial charge in [0.1, 0.15) is 0 Å². The average Bonchev–Trinajstić information content (AvgIpc) is 2.38. The van der Waals surface area contributed by atoms with Gasteiger partial charge in [-0.1, -0.05) is 20.3 Å². The third-order valence-corrected chi connectivity index (χ3v) is 4.78. The van der Waals surface area contributed by atoms with E-state index >= 15 is 0 Å². The first-order valence-corrected chi connectivity index (χ1v) is 6.99. The Labute approximate surface area is 105 Å². The maximum atomic E-state index is 12.5. The van der Waals surface area contributed by atoms with E-state index < -0.39 is 0 Å². The predicted octanol–water partition coefficient (Wildman–Crippen LogP) is 2.15. The van der Waals surface area contributed by atoms with Gasteiger partial charge in [-0.3, -0.25) is 4.79 Å². The number of carbonyl (C=O) groups is 1. The monoisotopic (exact) mass is 238 g/mol. The second kappa shape index (κ2) is 4.60. The first kappa shape index (κ1) is 12.9. The molecule has 1 aliphatic carbocycles. The molecule has 98 valence electrons. The van der Waals surface area contributed by atoms with Crippen molar-refractivity contribution in [2.24, 2.45) is 16.6 Å². The molecular weight excluding hydrogens is 212 g/mol. The molecule has 2 N–H and O–H groups in total. The summed E-state index contributed by atoms with van der Waals surface area (Å²) >= 11 is 0. The van der Waals surface area contributed by atoms with E-state index in [1.807, 2.05) is 0 Å². The fourth-order valence-electron chi connectivity index (χ4n) is 3.07. The summed E-state index contributed by atoms with van der Waals surface area (Å²) in [6, 6.07) is 0. The van der Waals surface area contributed by atoms with Gasteiger partial charge in [0.15, 0.2) is 0 Å². The van der Waals surface area contributed by atoms with Crippen molar-refractivity contribution in [2.75, 3.05) is 19.6 Å². The van der Waals surface area contributed by atoms with Crippen molar-refractivity contribution in [3.05, 3.63) is 0 Å². The smallest absolute Gasteiger partial charge is 0.230 e. The molecule has 0 aromatic heterocycles. The molecule has 0 radical (unpaired) electrons. The Kier molecular flexibility index (Phi) is 3.48. The molecular formula is C14H26N2O. The minimum atomic E-state index is -0.186. The summed E-state index contributed by atoms with van der Waals surface area (Å²) in [6.45, 7) is 7.01. The van der Waals surface area contributed by atoms with E-state index in [-0.39, 0.29) is 5.41 Å². The lowest BCUT2D eigenvalue weighted by atomic mass is 9.68. The van der Waals surface area contributed by atoms with Gasteiger partial charge < -0.3 is 10.6 Å². The summed E-state index contributed by atoms with van der Waals surface area (Å²) in [5, 5.41) is 0. The number of likely N-dealkylation sites (tertiary alicyclic amines) is 1. The molecule has 2 fully saturated rings. The molecule has 1 amide bonds. The minimum absolute atomic E-state index is 0.186. The molecule has 3 nitrogen and oxygen atoms in total. The first-order valence-electron chi connectivity index (χ1n) is 6.99. The predicted molar refractivity (Wildman–Crippen MR) is 69.6 cm³/mol. The number of carbonyl (C=O) groups excluding carboxylic acids is 1. The highest BCUT2D eigenvalue weighted by molar-refractivity contribution is 5.84. The maximum absolute atomic E-state index is 12.5. The Morgan fingerprint density at radius 1 is 1.12 bits per heavy atom. The highest BCUT2D eigenvalue weighted by Gasteiger charge is 2.45. The van der Waals surface area contributed by atoms with Crippen molar-refractivity contribution in [3.63, 3.8) is 0 Å². The molecule has 1 saturated heterocycles. The highest BCUT2D eigenvalue weighted by atomic mass is 16.2. The van der Waals surface area contributed by atoms with Gasteiger partial charge >= 0.3 is 0 Å². The summed E-state index contributed by atoms with van der Waals surface area (Å²) in [7, 11) is 0. The summed E-state index contributed by atoms with van der Waals surface area (Å²) < 4.78 is 0. The maximum Gasteiger partial charge on any atom is 0.230 e.